The predicted molar refractivity (Wildman–Crippen MR) is 151 cm³/mol. The Balaban J connectivity index is 1.41. The Kier molecular flexibility index (Phi) is 6.55. The van der Waals surface area contributed by atoms with E-state index in [0.29, 0.717) is 37.6 Å². The van der Waals surface area contributed by atoms with Gasteiger partial charge in [0.1, 0.15) is 41.4 Å². The van der Waals surface area contributed by atoms with Gasteiger partial charge in [0, 0.05) is 35.7 Å². The number of likely N-dealkylation sites (N-methyl/N-ethyl adjacent to an activating group) is 1. The lowest BCUT2D eigenvalue weighted by Crippen LogP contribution is -2.32. The van der Waals surface area contributed by atoms with Crippen molar-refractivity contribution in [1.29, 1.82) is 0 Å². The molecule has 2 saturated heterocycles. The number of hydrogen-bond donors (Lipinski definition) is 1. The summed E-state index contributed by atoms with van der Waals surface area (Å²) >= 11 is 0. The van der Waals surface area contributed by atoms with Crippen LogP contribution in [-0.2, 0) is 4.74 Å². The van der Waals surface area contributed by atoms with Crippen molar-refractivity contribution in [3.05, 3.63) is 47.7 Å². The number of hydrogen-bond acceptors (Lipinski definition) is 8. The van der Waals surface area contributed by atoms with Crippen molar-refractivity contribution in [1.82, 2.24) is 19.9 Å². The normalized spacial score (nSPS) is 24.0. The molecule has 11 heteroatoms. The van der Waals surface area contributed by atoms with Crippen LogP contribution in [0.5, 0.6) is 11.8 Å². The molecular weight excluding hydrogens is 547 g/mol. The second-order valence-corrected chi connectivity index (χ2v) is 11.1. The highest BCUT2D eigenvalue weighted by atomic mass is 19.1. The predicted octanol–water partition coefficient (Wildman–Crippen LogP) is 4.46. The number of phenolic OH excluding ortho intramolecular Hbond substituents is 1. The molecule has 42 heavy (non-hydrogen) atoms. The van der Waals surface area contributed by atoms with Gasteiger partial charge in [-0.2, -0.15) is 9.97 Å². The van der Waals surface area contributed by atoms with Gasteiger partial charge in [0.05, 0.1) is 30.2 Å². The fraction of sp³-hybridized carbons (Fsp3) is 0.387. The summed E-state index contributed by atoms with van der Waals surface area (Å²) in [5.74, 6) is 0.701. The second-order valence-electron chi connectivity index (χ2n) is 11.1. The maximum Gasteiger partial charge on any atom is 0.319 e. The Hall–Kier alpha value is -4.14. The summed E-state index contributed by atoms with van der Waals surface area (Å²) in [5, 5.41) is 11.4. The van der Waals surface area contributed by atoms with Crippen LogP contribution in [0.4, 0.5) is 19.0 Å². The third-order valence-electron chi connectivity index (χ3n) is 8.62. The van der Waals surface area contributed by atoms with Gasteiger partial charge in [0.2, 0.25) is 0 Å². The van der Waals surface area contributed by atoms with Crippen LogP contribution in [0.3, 0.4) is 0 Å². The smallest absolute Gasteiger partial charge is 0.319 e. The number of phenols is 1. The summed E-state index contributed by atoms with van der Waals surface area (Å²) in [6.07, 6.45) is 7.95. The zero-order valence-corrected chi connectivity index (χ0v) is 22.9. The van der Waals surface area contributed by atoms with Crippen LogP contribution >= 0.6 is 0 Å². The third kappa shape index (κ3) is 4.37. The summed E-state index contributed by atoms with van der Waals surface area (Å²) in [6, 6.07) is 5.04. The number of fused-ring (bicyclic) bond motifs is 3. The lowest BCUT2D eigenvalue weighted by molar-refractivity contribution is 0.130. The molecule has 0 amide bonds. The number of pyridine rings is 1. The summed E-state index contributed by atoms with van der Waals surface area (Å²) in [5.41, 5.74) is -0.229. The van der Waals surface area contributed by atoms with Gasteiger partial charge in [-0.15, -0.1) is 6.42 Å². The highest BCUT2D eigenvalue weighted by Gasteiger charge is 2.56. The first-order valence-corrected chi connectivity index (χ1v) is 14.0. The zero-order chi connectivity index (χ0) is 29.1. The Morgan fingerprint density at radius 3 is 2.86 bits per heavy atom. The van der Waals surface area contributed by atoms with Crippen molar-refractivity contribution in [3.8, 4) is 35.4 Å². The molecule has 0 bridgehead atoms. The summed E-state index contributed by atoms with van der Waals surface area (Å²) in [6.45, 7) is 2.28. The molecule has 1 N–H and O–H groups in total. The van der Waals surface area contributed by atoms with E-state index in [2.05, 4.69) is 25.8 Å². The van der Waals surface area contributed by atoms with E-state index in [1.54, 1.807) is 4.90 Å². The molecular formula is C31H28F3N5O3. The molecule has 0 spiro atoms. The monoisotopic (exact) mass is 575 g/mol. The van der Waals surface area contributed by atoms with Gasteiger partial charge in [0.15, 0.2) is 5.82 Å². The first kappa shape index (κ1) is 26.7. The van der Waals surface area contributed by atoms with Crippen LogP contribution in [0.15, 0.2) is 30.5 Å². The zero-order valence-electron chi connectivity index (χ0n) is 22.9. The number of aromatic hydroxyl groups is 1. The quantitative estimate of drug-likeness (QED) is 0.350. The van der Waals surface area contributed by atoms with E-state index in [1.165, 1.54) is 30.5 Å². The number of benzene rings is 2. The lowest BCUT2D eigenvalue weighted by Gasteiger charge is -2.25. The molecule has 216 valence electrons. The molecule has 4 atom stereocenters. The van der Waals surface area contributed by atoms with E-state index in [1.807, 2.05) is 7.05 Å². The number of ether oxygens (including phenoxy) is 2. The van der Waals surface area contributed by atoms with Gasteiger partial charge in [-0.3, -0.25) is 4.98 Å². The SMILES string of the molecule is C#Cc1c(F)ccc2cc(O)cc(-c3ncc4c(N5CCOC[C@H]6[C@H](F)[C@H]65)nc(OC[C@H]5CCCN5C)nc4c3F)c12. The minimum Gasteiger partial charge on any atom is -0.508 e. The van der Waals surface area contributed by atoms with Crippen LogP contribution in [0.2, 0.25) is 0 Å². The summed E-state index contributed by atoms with van der Waals surface area (Å²) in [7, 11) is 2.02. The summed E-state index contributed by atoms with van der Waals surface area (Å²) in [4.78, 5) is 17.5. The van der Waals surface area contributed by atoms with Crippen LogP contribution in [-0.4, -0.2) is 83.2 Å². The van der Waals surface area contributed by atoms with E-state index < -0.39 is 23.8 Å². The van der Waals surface area contributed by atoms with Crippen molar-refractivity contribution >= 4 is 27.5 Å². The van der Waals surface area contributed by atoms with Crippen LogP contribution < -0.4 is 9.64 Å². The van der Waals surface area contributed by atoms with Crippen molar-refractivity contribution in [2.75, 3.05) is 44.9 Å². The number of nitrogens with zero attached hydrogens (tertiary/aromatic N) is 5. The van der Waals surface area contributed by atoms with Crippen molar-refractivity contribution < 1.29 is 27.8 Å². The Bertz CT molecular complexity index is 1760. The van der Waals surface area contributed by atoms with Crippen LogP contribution in [0, 0.1) is 29.9 Å². The number of likely N-dealkylation sites (tertiary alicyclic amines) is 1. The number of terminal acetylenes is 1. The highest BCUT2D eigenvalue weighted by molar-refractivity contribution is 6.03. The average Bonchev–Trinajstić information content (AvgIpc) is 3.52. The molecule has 8 nitrogen and oxygen atoms in total. The van der Waals surface area contributed by atoms with Crippen molar-refractivity contribution in [3.63, 3.8) is 0 Å². The minimum atomic E-state index is -1.10. The molecule has 2 aliphatic heterocycles. The van der Waals surface area contributed by atoms with E-state index in [4.69, 9.17) is 15.9 Å². The second kappa shape index (κ2) is 10.3. The molecule has 4 aromatic rings. The maximum atomic E-state index is 16.6. The van der Waals surface area contributed by atoms with Crippen LogP contribution in [0.25, 0.3) is 32.9 Å². The van der Waals surface area contributed by atoms with Gasteiger partial charge < -0.3 is 24.4 Å². The first-order chi connectivity index (χ1) is 20.4. The molecule has 2 aromatic heterocycles. The molecule has 2 aromatic carbocycles. The molecule has 4 heterocycles. The molecule has 3 fully saturated rings. The van der Waals surface area contributed by atoms with Crippen molar-refractivity contribution in [2.45, 2.75) is 31.1 Å². The fourth-order valence-corrected chi connectivity index (χ4v) is 6.29. The highest BCUT2D eigenvalue weighted by Crippen LogP contribution is 2.45. The Morgan fingerprint density at radius 1 is 1.21 bits per heavy atom. The number of aromatic nitrogens is 3. The molecule has 1 saturated carbocycles. The van der Waals surface area contributed by atoms with Gasteiger partial charge >= 0.3 is 6.01 Å². The number of halogens is 3. The molecule has 0 unspecified atom stereocenters. The summed E-state index contributed by atoms with van der Waals surface area (Å²) < 4.78 is 57.7. The minimum absolute atomic E-state index is 0.0391. The average molecular weight is 576 g/mol. The Morgan fingerprint density at radius 2 is 2.07 bits per heavy atom. The van der Waals surface area contributed by atoms with Gasteiger partial charge in [-0.1, -0.05) is 12.0 Å². The van der Waals surface area contributed by atoms with Gasteiger partial charge in [-0.05, 0) is 50.0 Å². The molecule has 3 aliphatic rings. The first-order valence-electron chi connectivity index (χ1n) is 14.0. The van der Waals surface area contributed by atoms with E-state index in [0.717, 1.165) is 19.4 Å². The maximum absolute atomic E-state index is 16.6. The lowest BCUT2D eigenvalue weighted by atomic mass is 9.96. The van der Waals surface area contributed by atoms with Gasteiger partial charge in [0.25, 0.3) is 0 Å². The standard InChI is InChI=1S/C31H28F3N5O3/c1-3-19-23(32)7-6-16-11-18(40)12-20(24(16)19)27-26(34)28-21(13-35-27)30(39-9-10-41-15-22-25(33)29(22)39)37-31(36-28)42-14-17-5-4-8-38(17)2/h1,6-7,11-13,17,22,25,29,40H,4-5,8-10,14-15H2,2H3/t17-,22+,25+,29+/m1/s1. The topological polar surface area (TPSA) is 83.8 Å². The molecule has 1 aliphatic carbocycles. The fourth-order valence-electron chi connectivity index (χ4n) is 6.29. The van der Waals surface area contributed by atoms with E-state index >= 15 is 4.39 Å². The van der Waals surface area contributed by atoms with Crippen LogP contribution in [0.1, 0.15) is 18.4 Å². The van der Waals surface area contributed by atoms with Gasteiger partial charge in [-0.25, -0.2) is 13.2 Å². The third-order valence-corrected chi connectivity index (χ3v) is 8.62. The van der Waals surface area contributed by atoms with E-state index in [9.17, 15) is 13.9 Å². The van der Waals surface area contributed by atoms with Crippen molar-refractivity contribution in [2.24, 2.45) is 5.92 Å². The number of anilines is 1. The largest absolute Gasteiger partial charge is 0.508 e. The molecule has 7 rings (SSSR count). The number of alkyl halides is 1. The Labute approximate surface area is 240 Å². The number of rotatable bonds is 5. The van der Waals surface area contributed by atoms with E-state index in [-0.39, 0.29) is 56.8 Å². The molecule has 0 radical (unpaired) electrons.